The minimum atomic E-state index is -3.62. The van der Waals surface area contributed by atoms with Crippen molar-refractivity contribution < 1.29 is 13.2 Å². The lowest BCUT2D eigenvalue weighted by molar-refractivity contribution is -0.120. The summed E-state index contributed by atoms with van der Waals surface area (Å²) in [5.41, 5.74) is 3.60. The molecule has 1 fully saturated rings. The van der Waals surface area contributed by atoms with Gasteiger partial charge in [-0.1, -0.05) is 38.1 Å². The molecule has 0 bridgehead atoms. The number of benzene rings is 2. The van der Waals surface area contributed by atoms with Gasteiger partial charge in [-0.15, -0.1) is 0 Å². The van der Waals surface area contributed by atoms with E-state index in [-0.39, 0.29) is 18.4 Å². The molecule has 156 valence electrons. The SMILES string of the molecule is Cc1ccc(C)c(S(=O)(=O)N2CCCC(C(=O)Nc3ccc(C(C)C)cc3)C2)c1. The standard InChI is InChI=1S/C23H30N2O3S/c1-16(2)19-9-11-21(12-10-19)24-23(26)20-6-5-13-25(15-20)29(27,28)22-14-17(3)7-8-18(22)4/h7-12,14,16,20H,5-6,13,15H2,1-4H3,(H,24,26). The van der Waals surface area contributed by atoms with Crippen LogP contribution in [0.2, 0.25) is 0 Å². The first kappa shape index (κ1) is 21.5. The second-order valence-electron chi connectivity index (χ2n) is 8.24. The molecule has 1 N–H and O–H groups in total. The second kappa shape index (κ2) is 8.67. The lowest BCUT2D eigenvalue weighted by Gasteiger charge is -2.31. The molecule has 29 heavy (non-hydrogen) atoms. The molecule has 5 nitrogen and oxygen atoms in total. The highest BCUT2D eigenvalue weighted by molar-refractivity contribution is 7.89. The van der Waals surface area contributed by atoms with Gasteiger partial charge in [-0.05, 0) is 67.5 Å². The number of nitrogens with zero attached hydrogens (tertiary/aromatic N) is 1. The molecule has 1 amide bonds. The lowest BCUT2D eigenvalue weighted by Crippen LogP contribution is -2.43. The summed E-state index contributed by atoms with van der Waals surface area (Å²) >= 11 is 0. The van der Waals surface area contributed by atoms with E-state index in [1.54, 1.807) is 13.0 Å². The van der Waals surface area contributed by atoms with Crippen molar-refractivity contribution in [1.29, 1.82) is 0 Å². The van der Waals surface area contributed by atoms with Gasteiger partial charge in [-0.3, -0.25) is 4.79 Å². The first-order valence-electron chi connectivity index (χ1n) is 10.2. The molecule has 3 rings (SSSR count). The van der Waals surface area contributed by atoms with Crippen LogP contribution >= 0.6 is 0 Å². The lowest BCUT2D eigenvalue weighted by atomic mass is 9.98. The van der Waals surface area contributed by atoms with Crippen molar-refractivity contribution in [2.45, 2.75) is 51.3 Å². The van der Waals surface area contributed by atoms with Gasteiger partial charge in [0.05, 0.1) is 10.8 Å². The summed E-state index contributed by atoms with van der Waals surface area (Å²) in [6, 6.07) is 13.3. The summed E-state index contributed by atoms with van der Waals surface area (Å²) in [4.78, 5) is 13.1. The van der Waals surface area contributed by atoms with E-state index in [0.717, 1.165) is 16.8 Å². The van der Waals surface area contributed by atoms with Crippen molar-refractivity contribution in [3.8, 4) is 0 Å². The third-order valence-corrected chi connectivity index (χ3v) is 7.57. The van der Waals surface area contributed by atoms with Gasteiger partial charge in [-0.2, -0.15) is 4.31 Å². The monoisotopic (exact) mass is 414 g/mol. The first-order valence-corrected chi connectivity index (χ1v) is 11.6. The van der Waals surface area contributed by atoms with E-state index in [4.69, 9.17) is 0 Å². The highest BCUT2D eigenvalue weighted by atomic mass is 32.2. The van der Waals surface area contributed by atoms with Crippen molar-refractivity contribution in [3.05, 3.63) is 59.2 Å². The average molecular weight is 415 g/mol. The number of piperidine rings is 1. The zero-order chi connectivity index (χ0) is 21.2. The fourth-order valence-corrected chi connectivity index (χ4v) is 5.53. The highest BCUT2D eigenvalue weighted by Gasteiger charge is 2.34. The topological polar surface area (TPSA) is 66.5 Å². The highest BCUT2D eigenvalue weighted by Crippen LogP contribution is 2.27. The van der Waals surface area contributed by atoms with Crippen LogP contribution in [0, 0.1) is 19.8 Å². The number of nitrogens with one attached hydrogen (secondary N) is 1. The van der Waals surface area contributed by atoms with Crippen LogP contribution in [0.15, 0.2) is 47.4 Å². The maximum atomic E-state index is 13.2. The molecule has 6 heteroatoms. The maximum Gasteiger partial charge on any atom is 0.243 e. The number of sulfonamides is 1. The molecule has 1 saturated heterocycles. The van der Waals surface area contributed by atoms with Crippen LogP contribution in [0.3, 0.4) is 0 Å². The Morgan fingerprint density at radius 3 is 2.45 bits per heavy atom. The summed E-state index contributed by atoms with van der Waals surface area (Å²) in [6.45, 7) is 8.60. The molecule has 2 aromatic rings. The van der Waals surface area contributed by atoms with Crippen LogP contribution in [0.5, 0.6) is 0 Å². The number of amides is 1. The van der Waals surface area contributed by atoms with E-state index in [9.17, 15) is 13.2 Å². The zero-order valence-corrected chi connectivity index (χ0v) is 18.4. The van der Waals surface area contributed by atoms with E-state index >= 15 is 0 Å². The Hall–Kier alpha value is -2.18. The number of anilines is 1. The first-order chi connectivity index (χ1) is 13.7. The molecule has 1 heterocycles. The Balaban J connectivity index is 1.72. The van der Waals surface area contributed by atoms with Gasteiger partial charge in [0.25, 0.3) is 0 Å². The third-order valence-electron chi connectivity index (χ3n) is 5.56. The van der Waals surface area contributed by atoms with Crippen molar-refractivity contribution in [3.63, 3.8) is 0 Å². The van der Waals surface area contributed by atoms with Crippen LogP contribution in [-0.2, 0) is 14.8 Å². The van der Waals surface area contributed by atoms with Gasteiger partial charge in [0.1, 0.15) is 0 Å². The Morgan fingerprint density at radius 1 is 1.10 bits per heavy atom. The van der Waals surface area contributed by atoms with Gasteiger partial charge in [0.2, 0.25) is 15.9 Å². The van der Waals surface area contributed by atoms with Crippen molar-refractivity contribution >= 4 is 21.6 Å². The van der Waals surface area contributed by atoms with Crippen LogP contribution in [0.1, 0.15) is 49.3 Å². The van der Waals surface area contributed by atoms with Crippen LogP contribution < -0.4 is 5.32 Å². The molecule has 0 spiro atoms. The van der Waals surface area contributed by atoms with E-state index in [2.05, 4.69) is 19.2 Å². The van der Waals surface area contributed by atoms with Gasteiger partial charge < -0.3 is 5.32 Å². The molecule has 1 unspecified atom stereocenters. The quantitative estimate of drug-likeness (QED) is 0.785. The van der Waals surface area contributed by atoms with Gasteiger partial charge in [-0.25, -0.2) is 8.42 Å². The van der Waals surface area contributed by atoms with E-state index in [1.165, 1.54) is 9.87 Å². The molecule has 1 atom stereocenters. The zero-order valence-electron chi connectivity index (χ0n) is 17.6. The normalized spacial score (nSPS) is 18.0. The molecule has 1 aliphatic heterocycles. The van der Waals surface area contributed by atoms with Crippen LogP contribution in [0.4, 0.5) is 5.69 Å². The summed E-state index contributed by atoms with van der Waals surface area (Å²) in [7, 11) is -3.62. The molecular weight excluding hydrogens is 384 g/mol. The van der Waals surface area contributed by atoms with Gasteiger partial charge >= 0.3 is 0 Å². The van der Waals surface area contributed by atoms with Crippen molar-refractivity contribution in [1.82, 2.24) is 4.31 Å². The third kappa shape index (κ3) is 4.87. The Morgan fingerprint density at radius 2 is 1.79 bits per heavy atom. The van der Waals surface area contributed by atoms with E-state index in [0.29, 0.717) is 30.2 Å². The second-order valence-corrected chi connectivity index (χ2v) is 10.1. The minimum absolute atomic E-state index is 0.122. The largest absolute Gasteiger partial charge is 0.326 e. The summed E-state index contributed by atoms with van der Waals surface area (Å²) < 4.78 is 27.8. The molecule has 0 aromatic heterocycles. The number of carbonyl (C=O) groups is 1. The van der Waals surface area contributed by atoms with Crippen molar-refractivity contribution in [2.75, 3.05) is 18.4 Å². The fraction of sp³-hybridized carbons (Fsp3) is 0.435. The number of hydrogen-bond donors (Lipinski definition) is 1. The summed E-state index contributed by atoms with van der Waals surface area (Å²) in [6.07, 6.45) is 1.36. The molecule has 2 aromatic carbocycles. The summed E-state index contributed by atoms with van der Waals surface area (Å²) in [5, 5.41) is 2.95. The van der Waals surface area contributed by atoms with Gasteiger partial charge in [0.15, 0.2) is 0 Å². The Labute approximate surface area is 174 Å². The molecule has 1 aliphatic rings. The van der Waals surface area contributed by atoms with Crippen molar-refractivity contribution in [2.24, 2.45) is 5.92 Å². The maximum absolute atomic E-state index is 13.2. The predicted molar refractivity (Wildman–Crippen MR) is 117 cm³/mol. The number of aryl methyl sites for hydroxylation is 2. The molecule has 0 radical (unpaired) electrons. The number of hydrogen-bond acceptors (Lipinski definition) is 3. The molecule has 0 saturated carbocycles. The Kier molecular flexibility index (Phi) is 6.44. The number of carbonyl (C=O) groups excluding carboxylic acids is 1. The Bertz CT molecular complexity index is 982. The van der Waals surface area contributed by atoms with Gasteiger partial charge in [0, 0.05) is 18.8 Å². The molecular formula is C23H30N2O3S. The average Bonchev–Trinajstić information content (AvgIpc) is 2.70. The van der Waals surface area contributed by atoms with E-state index in [1.807, 2.05) is 43.3 Å². The summed E-state index contributed by atoms with van der Waals surface area (Å²) in [5.74, 6) is -0.0430. The van der Waals surface area contributed by atoms with Crippen LogP contribution in [-0.4, -0.2) is 31.7 Å². The number of rotatable bonds is 5. The smallest absolute Gasteiger partial charge is 0.243 e. The van der Waals surface area contributed by atoms with E-state index < -0.39 is 10.0 Å². The predicted octanol–water partition coefficient (Wildman–Crippen LogP) is 4.47. The molecule has 0 aliphatic carbocycles. The van der Waals surface area contributed by atoms with Crippen LogP contribution in [0.25, 0.3) is 0 Å². The minimum Gasteiger partial charge on any atom is -0.326 e. The fourth-order valence-electron chi connectivity index (χ4n) is 3.69.